The number of nitrogens with one attached hydrogen (secondary N) is 1. The smallest absolute Gasteiger partial charge is 0.269 e. The van der Waals surface area contributed by atoms with Crippen LogP contribution in [-0.2, 0) is 22.4 Å². The maximum absolute atomic E-state index is 12.2. The maximum Gasteiger partial charge on any atom is 0.269 e. The number of hydrogen-bond acceptors (Lipinski definition) is 5. The Morgan fingerprint density at radius 3 is 2.54 bits per heavy atom. The first-order valence-corrected chi connectivity index (χ1v) is 7.84. The first-order valence-electron chi connectivity index (χ1n) is 7.84. The number of carbonyl (C=O) groups is 2. The Labute approximate surface area is 150 Å². The van der Waals surface area contributed by atoms with Gasteiger partial charge in [0.2, 0.25) is 11.8 Å². The van der Waals surface area contributed by atoms with Gasteiger partial charge in [-0.3, -0.25) is 19.7 Å². The quantitative estimate of drug-likeness (QED) is 0.545. The second-order valence-corrected chi connectivity index (χ2v) is 5.68. The number of amides is 2. The highest BCUT2D eigenvalue weighted by molar-refractivity contribution is 5.87. The van der Waals surface area contributed by atoms with Crippen LogP contribution in [0.1, 0.15) is 11.1 Å². The van der Waals surface area contributed by atoms with Crippen LogP contribution < -0.4 is 15.8 Å². The van der Waals surface area contributed by atoms with Gasteiger partial charge < -0.3 is 15.8 Å². The standard InChI is InChI=1S/C18H19N3O5/c1-26-15-7-3-5-13(9-15)10-16(18(19)23)20-17(22)11-12-4-2-6-14(8-12)21(24)25/h2-9,16H,10-11H2,1H3,(H2,19,23)(H,20,22)/t16-/m1/s1. The number of rotatable bonds is 8. The van der Waals surface area contributed by atoms with E-state index in [2.05, 4.69) is 5.32 Å². The molecule has 0 saturated carbocycles. The van der Waals surface area contributed by atoms with Gasteiger partial charge in [0.1, 0.15) is 11.8 Å². The molecule has 2 amide bonds. The summed E-state index contributed by atoms with van der Waals surface area (Å²) in [6.45, 7) is 0. The number of benzene rings is 2. The summed E-state index contributed by atoms with van der Waals surface area (Å²) in [6.07, 6.45) is 0.122. The molecule has 0 heterocycles. The highest BCUT2D eigenvalue weighted by Crippen LogP contribution is 2.15. The molecular weight excluding hydrogens is 338 g/mol. The minimum Gasteiger partial charge on any atom is -0.497 e. The monoisotopic (exact) mass is 357 g/mol. The van der Waals surface area contributed by atoms with Crippen molar-refractivity contribution in [2.24, 2.45) is 5.73 Å². The fraction of sp³-hybridized carbons (Fsp3) is 0.222. The van der Waals surface area contributed by atoms with Crippen LogP contribution in [-0.4, -0.2) is 29.9 Å². The minimum atomic E-state index is -0.895. The average Bonchev–Trinajstić information content (AvgIpc) is 2.61. The lowest BCUT2D eigenvalue weighted by molar-refractivity contribution is -0.384. The van der Waals surface area contributed by atoms with Crippen LogP contribution in [0.25, 0.3) is 0 Å². The highest BCUT2D eigenvalue weighted by atomic mass is 16.6. The second-order valence-electron chi connectivity index (χ2n) is 5.68. The summed E-state index contributed by atoms with van der Waals surface area (Å²) in [6, 6.07) is 12.0. The van der Waals surface area contributed by atoms with Crippen molar-refractivity contribution >= 4 is 17.5 Å². The van der Waals surface area contributed by atoms with E-state index >= 15 is 0 Å². The molecule has 0 fully saturated rings. The van der Waals surface area contributed by atoms with Crippen molar-refractivity contribution in [1.82, 2.24) is 5.32 Å². The topological polar surface area (TPSA) is 125 Å². The summed E-state index contributed by atoms with van der Waals surface area (Å²) < 4.78 is 5.13. The van der Waals surface area contributed by atoms with Gasteiger partial charge in [-0.05, 0) is 23.3 Å². The van der Waals surface area contributed by atoms with Crippen molar-refractivity contribution in [3.63, 3.8) is 0 Å². The first-order chi connectivity index (χ1) is 12.4. The fourth-order valence-electron chi connectivity index (χ4n) is 2.47. The van der Waals surface area contributed by atoms with Crippen LogP contribution in [0.3, 0.4) is 0 Å². The lowest BCUT2D eigenvalue weighted by atomic mass is 10.0. The van der Waals surface area contributed by atoms with Crippen LogP contribution in [0.15, 0.2) is 48.5 Å². The highest BCUT2D eigenvalue weighted by Gasteiger charge is 2.19. The number of methoxy groups -OCH3 is 1. The molecule has 2 aromatic carbocycles. The van der Waals surface area contributed by atoms with Crippen molar-refractivity contribution in [3.05, 3.63) is 69.8 Å². The van der Waals surface area contributed by atoms with E-state index in [9.17, 15) is 19.7 Å². The minimum absolute atomic E-state index is 0.0937. The van der Waals surface area contributed by atoms with Gasteiger partial charge in [-0.1, -0.05) is 24.3 Å². The molecular formula is C18H19N3O5. The molecule has 136 valence electrons. The summed E-state index contributed by atoms with van der Waals surface area (Å²) >= 11 is 0. The zero-order chi connectivity index (χ0) is 19.1. The second kappa shape index (κ2) is 8.61. The van der Waals surface area contributed by atoms with Crippen molar-refractivity contribution in [2.75, 3.05) is 7.11 Å². The van der Waals surface area contributed by atoms with E-state index in [1.807, 2.05) is 0 Å². The van der Waals surface area contributed by atoms with E-state index in [0.717, 1.165) is 5.56 Å². The lowest BCUT2D eigenvalue weighted by Crippen LogP contribution is -2.46. The predicted octanol–water partition coefficient (Wildman–Crippen LogP) is 1.36. The summed E-state index contributed by atoms with van der Waals surface area (Å²) in [5.41, 5.74) is 6.54. The number of non-ortho nitro benzene ring substituents is 1. The number of nitro benzene ring substituents is 1. The molecule has 2 rings (SSSR count). The molecule has 0 aliphatic rings. The Morgan fingerprint density at radius 1 is 1.19 bits per heavy atom. The van der Waals surface area contributed by atoms with Crippen molar-refractivity contribution in [3.8, 4) is 5.75 Å². The lowest BCUT2D eigenvalue weighted by Gasteiger charge is -2.16. The molecule has 3 N–H and O–H groups in total. The third kappa shape index (κ3) is 5.30. The molecule has 1 atom stereocenters. The molecule has 26 heavy (non-hydrogen) atoms. The van der Waals surface area contributed by atoms with Crippen molar-refractivity contribution in [1.29, 1.82) is 0 Å². The summed E-state index contributed by atoms with van der Waals surface area (Å²) in [5, 5.41) is 13.4. The predicted molar refractivity (Wildman–Crippen MR) is 94.6 cm³/mol. The van der Waals surface area contributed by atoms with Gasteiger partial charge in [0, 0.05) is 18.6 Å². The number of nitro groups is 1. The average molecular weight is 357 g/mol. The summed E-state index contributed by atoms with van der Waals surface area (Å²) in [4.78, 5) is 34.1. The SMILES string of the molecule is COc1cccc(C[C@@H](NC(=O)Cc2cccc([N+](=O)[O-])c2)C(N)=O)c1. The molecule has 0 saturated heterocycles. The van der Waals surface area contributed by atoms with Crippen LogP contribution in [0.2, 0.25) is 0 Å². The number of hydrogen-bond donors (Lipinski definition) is 2. The molecule has 2 aromatic rings. The molecule has 0 radical (unpaired) electrons. The third-order valence-corrected chi connectivity index (χ3v) is 3.74. The first kappa shape index (κ1) is 18.9. The molecule has 0 aliphatic carbocycles. The number of nitrogens with two attached hydrogens (primary N) is 1. The Balaban J connectivity index is 2.04. The summed E-state index contributed by atoms with van der Waals surface area (Å²) in [5.74, 6) is -0.481. The maximum atomic E-state index is 12.2. The Morgan fingerprint density at radius 2 is 1.88 bits per heavy atom. The molecule has 0 bridgehead atoms. The van der Waals surface area contributed by atoms with E-state index in [0.29, 0.717) is 11.3 Å². The Bertz CT molecular complexity index is 822. The third-order valence-electron chi connectivity index (χ3n) is 3.74. The molecule has 8 heteroatoms. The van der Waals surface area contributed by atoms with Gasteiger partial charge in [0.05, 0.1) is 18.5 Å². The van der Waals surface area contributed by atoms with E-state index in [-0.39, 0.29) is 18.5 Å². The zero-order valence-corrected chi connectivity index (χ0v) is 14.2. The van der Waals surface area contributed by atoms with Gasteiger partial charge in [-0.25, -0.2) is 0 Å². The van der Waals surface area contributed by atoms with Crippen LogP contribution >= 0.6 is 0 Å². The van der Waals surface area contributed by atoms with Crippen LogP contribution in [0.4, 0.5) is 5.69 Å². The van der Waals surface area contributed by atoms with E-state index < -0.39 is 22.8 Å². The van der Waals surface area contributed by atoms with Crippen molar-refractivity contribution < 1.29 is 19.2 Å². The molecule has 0 aromatic heterocycles. The largest absolute Gasteiger partial charge is 0.497 e. The summed E-state index contributed by atoms with van der Waals surface area (Å²) in [7, 11) is 1.53. The van der Waals surface area contributed by atoms with E-state index in [1.54, 1.807) is 30.3 Å². The Hall–Kier alpha value is -3.42. The van der Waals surface area contributed by atoms with Gasteiger partial charge in [-0.15, -0.1) is 0 Å². The fourth-order valence-corrected chi connectivity index (χ4v) is 2.47. The molecule has 0 spiro atoms. The number of nitrogens with zero attached hydrogens (tertiary/aromatic N) is 1. The van der Waals surface area contributed by atoms with Crippen LogP contribution in [0, 0.1) is 10.1 Å². The normalized spacial score (nSPS) is 11.4. The van der Waals surface area contributed by atoms with Crippen LogP contribution in [0.5, 0.6) is 5.75 Å². The molecule has 0 aliphatic heterocycles. The number of ether oxygens (including phenoxy) is 1. The van der Waals surface area contributed by atoms with Gasteiger partial charge in [-0.2, -0.15) is 0 Å². The number of primary amides is 1. The van der Waals surface area contributed by atoms with Gasteiger partial charge in [0.15, 0.2) is 0 Å². The zero-order valence-electron chi connectivity index (χ0n) is 14.2. The number of carbonyl (C=O) groups excluding carboxylic acids is 2. The van der Waals surface area contributed by atoms with E-state index in [1.165, 1.54) is 25.3 Å². The van der Waals surface area contributed by atoms with E-state index in [4.69, 9.17) is 10.5 Å². The van der Waals surface area contributed by atoms with Crippen molar-refractivity contribution in [2.45, 2.75) is 18.9 Å². The molecule has 8 nitrogen and oxygen atoms in total. The van der Waals surface area contributed by atoms with Gasteiger partial charge in [0.25, 0.3) is 5.69 Å². The molecule has 0 unspecified atom stereocenters. The van der Waals surface area contributed by atoms with Gasteiger partial charge >= 0.3 is 0 Å². The Kier molecular flexibility index (Phi) is 6.26.